The van der Waals surface area contributed by atoms with Crippen LogP contribution in [0.4, 0.5) is 0 Å². The van der Waals surface area contributed by atoms with Crippen LogP contribution in [0.1, 0.15) is 181 Å². The van der Waals surface area contributed by atoms with Crippen molar-refractivity contribution in [3.05, 3.63) is 24.3 Å². The first-order chi connectivity index (χ1) is 23.8. The van der Waals surface area contributed by atoms with Crippen molar-refractivity contribution in [2.24, 2.45) is 5.73 Å². The molecule has 0 bridgehead atoms. The average molecular weight is 716 g/mol. The molecule has 0 aromatic rings. The predicted molar refractivity (Wildman–Crippen MR) is 201 cm³/mol. The number of phosphoric ester groups is 1. The average Bonchev–Trinajstić information content (AvgIpc) is 3.08. The minimum Gasteiger partial charge on any atom is -0.462 e. The van der Waals surface area contributed by atoms with E-state index in [9.17, 15) is 19.0 Å². The van der Waals surface area contributed by atoms with Crippen molar-refractivity contribution in [2.75, 3.05) is 26.4 Å². The van der Waals surface area contributed by atoms with Crippen molar-refractivity contribution >= 4 is 19.8 Å². The van der Waals surface area contributed by atoms with Gasteiger partial charge in [0.25, 0.3) is 0 Å². The standard InChI is InChI=1S/C39H74NO8P/c1-3-5-7-9-11-13-15-16-17-18-19-20-22-23-25-27-29-31-38(41)45-35-37(36-47-49(43,44)46-34-33-40)48-39(42)32-30-28-26-24-21-14-12-10-8-6-4-2/h11,13,16-17,37H,3-10,12,14-15,18-36,40H2,1-2H3,(H,43,44)/b13-11+,17-16+/t37-/m0/s1. The van der Waals surface area contributed by atoms with Gasteiger partial charge in [-0.15, -0.1) is 0 Å². The highest BCUT2D eigenvalue weighted by Gasteiger charge is 2.25. The van der Waals surface area contributed by atoms with Crippen LogP contribution >= 0.6 is 7.82 Å². The van der Waals surface area contributed by atoms with Gasteiger partial charge in [0, 0.05) is 19.4 Å². The summed E-state index contributed by atoms with van der Waals surface area (Å²) in [6.45, 7) is 3.69. The summed E-state index contributed by atoms with van der Waals surface area (Å²) in [7, 11) is -4.37. The Balaban J connectivity index is 4.17. The Bertz CT molecular complexity index is 866. The summed E-state index contributed by atoms with van der Waals surface area (Å²) in [5.41, 5.74) is 5.33. The first-order valence-electron chi connectivity index (χ1n) is 19.8. The molecule has 0 saturated carbocycles. The van der Waals surface area contributed by atoms with Crippen molar-refractivity contribution in [3.8, 4) is 0 Å². The second-order valence-corrected chi connectivity index (χ2v) is 14.6. The summed E-state index contributed by atoms with van der Waals surface area (Å²) in [6, 6.07) is 0. The molecule has 0 aromatic heterocycles. The van der Waals surface area contributed by atoms with Gasteiger partial charge in [0.2, 0.25) is 0 Å². The highest BCUT2D eigenvalue weighted by molar-refractivity contribution is 7.47. The molecule has 10 heteroatoms. The molecule has 3 N–H and O–H groups in total. The molecule has 0 amide bonds. The first-order valence-corrected chi connectivity index (χ1v) is 21.3. The number of hydrogen-bond donors (Lipinski definition) is 2. The van der Waals surface area contributed by atoms with Gasteiger partial charge in [0.15, 0.2) is 6.10 Å². The lowest BCUT2D eigenvalue weighted by atomic mass is 10.1. The fraction of sp³-hybridized carbons (Fsp3) is 0.846. The monoisotopic (exact) mass is 716 g/mol. The molecule has 49 heavy (non-hydrogen) atoms. The SMILES string of the molecule is CCCCC/C=C/C/C=C/CCCCCCCCCC(=O)OC[C@@H](COP(=O)(O)OCCN)OC(=O)CCCCCCCCCCCCC. The Morgan fingerprint density at radius 3 is 1.59 bits per heavy atom. The molecule has 0 aromatic carbocycles. The lowest BCUT2D eigenvalue weighted by Crippen LogP contribution is -2.29. The number of carbonyl (C=O) groups is 2. The van der Waals surface area contributed by atoms with E-state index in [-0.39, 0.29) is 38.6 Å². The molecular weight excluding hydrogens is 641 g/mol. The largest absolute Gasteiger partial charge is 0.472 e. The molecular formula is C39H74NO8P. The van der Waals surface area contributed by atoms with Gasteiger partial charge in [0.1, 0.15) is 6.61 Å². The van der Waals surface area contributed by atoms with Crippen LogP contribution in [-0.4, -0.2) is 49.3 Å². The van der Waals surface area contributed by atoms with Gasteiger partial charge < -0.3 is 20.1 Å². The third-order valence-electron chi connectivity index (χ3n) is 8.34. The van der Waals surface area contributed by atoms with Crippen LogP contribution in [0.5, 0.6) is 0 Å². The summed E-state index contributed by atoms with van der Waals surface area (Å²) >= 11 is 0. The maximum atomic E-state index is 12.5. The lowest BCUT2D eigenvalue weighted by molar-refractivity contribution is -0.161. The van der Waals surface area contributed by atoms with Gasteiger partial charge in [-0.1, -0.05) is 147 Å². The van der Waals surface area contributed by atoms with Crippen LogP contribution in [0.25, 0.3) is 0 Å². The topological polar surface area (TPSA) is 134 Å². The Labute approximate surface area is 300 Å². The quantitative estimate of drug-likeness (QED) is 0.0279. The van der Waals surface area contributed by atoms with E-state index in [0.717, 1.165) is 51.4 Å². The van der Waals surface area contributed by atoms with Crippen molar-refractivity contribution in [1.82, 2.24) is 0 Å². The number of carbonyl (C=O) groups excluding carboxylic acids is 2. The molecule has 0 saturated heterocycles. The molecule has 0 radical (unpaired) electrons. The van der Waals surface area contributed by atoms with E-state index < -0.39 is 26.5 Å². The number of allylic oxidation sites excluding steroid dienone is 4. The van der Waals surface area contributed by atoms with Crippen molar-refractivity contribution in [2.45, 2.75) is 187 Å². The molecule has 0 aliphatic carbocycles. The van der Waals surface area contributed by atoms with Crippen LogP contribution in [0.3, 0.4) is 0 Å². The lowest BCUT2D eigenvalue weighted by Gasteiger charge is -2.19. The number of rotatable bonds is 37. The van der Waals surface area contributed by atoms with Crippen LogP contribution in [0.15, 0.2) is 24.3 Å². The van der Waals surface area contributed by atoms with Crippen LogP contribution in [-0.2, 0) is 32.7 Å². The third-order valence-corrected chi connectivity index (χ3v) is 9.32. The number of hydrogen-bond acceptors (Lipinski definition) is 8. The Hall–Kier alpha value is -1.51. The second kappa shape index (κ2) is 36.3. The number of phosphoric acid groups is 1. The van der Waals surface area contributed by atoms with E-state index in [1.54, 1.807) is 0 Å². The van der Waals surface area contributed by atoms with Crippen molar-refractivity contribution in [3.63, 3.8) is 0 Å². The van der Waals surface area contributed by atoms with E-state index in [1.165, 1.54) is 96.3 Å². The zero-order chi connectivity index (χ0) is 36.1. The second-order valence-electron chi connectivity index (χ2n) is 13.2. The third kappa shape index (κ3) is 36.1. The van der Waals surface area contributed by atoms with E-state index in [2.05, 4.69) is 38.2 Å². The number of nitrogens with two attached hydrogens (primary N) is 1. The first kappa shape index (κ1) is 47.5. The van der Waals surface area contributed by atoms with Gasteiger partial charge in [-0.3, -0.25) is 18.6 Å². The normalized spacial score (nSPS) is 13.6. The zero-order valence-electron chi connectivity index (χ0n) is 31.4. The summed E-state index contributed by atoms with van der Waals surface area (Å²) in [5, 5.41) is 0. The summed E-state index contributed by atoms with van der Waals surface area (Å²) in [6.07, 6.45) is 36.3. The fourth-order valence-electron chi connectivity index (χ4n) is 5.37. The van der Waals surface area contributed by atoms with Gasteiger partial charge in [-0.2, -0.15) is 0 Å². The van der Waals surface area contributed by atoms with Crippen LogP contribution < -0.4 is 5.73 Å². The van der Waals surface area contributed by atoms with Crippen molar-refractivity contribution in [1.29, 1.82) is 0 Å². The molecule has 288 valence electrons. The van der Waals surface area contributed by atoms with Crippen molar-refractivity contribution < 1.29 is 37.6 Å². The molecule has 0 heterocycles. The predicted octanol–water partition coefficient (Wildman–Crippen LogP) is 10.8. The van der Waals surface area contributed by atoms with Gasteiger partial charge in [0.05, 0.1) is 13.2 Å². The minimum absolute atomic E-state index is 0.0536. The number of unbranched alkanes of at least 4 members (excludes halogenated alkanes) is 20. The van der Waals surface area contributed by atoms with E-state index in [0.29, 0.717) is 6.42 Å². The molecule has 2 atom stereocenters. The maximum absolute atomic E-state index is 12.5. The number of esters is 2. The minimum atomic E-state index is -4.37. The number of ether oxygens (including phenoxy) is 2. The van der Waals surface area contributed by atoms with E-state index in [4.69, 9.17) is 24.3 Å². The highest BCUT2D eigenvalue weighted by Crippen LogP contribution is 2.43. The molecule has 0 spiro atoms. The summed E-state index contributed by atoms with van der Waals surface area (Å²) in [4.78, 5) is 34.7. The molecule has 1 unspecified atom stereocenters. The maximum Gasteiger partial charge on any atom is 0.472 e. The molecule has 0 aliphatic heterocycles. The molecule has 0 rings (SSSR count). The van der Waals surface area contributed by atoms with E-state index >= 15 is 0 Å². The Morgan fingerprint density at radius 2 is 1.06 bits per heavy atom. The smallest absolute Gasteiger partial charge is 0.462 e. The molecule has 9 nitrogen and oxygen atoms in total. The summed E-state index contributed by atoms with van der Waals surface area (Å²) < 4.78 is 32.6. The van der Waals surface area contributed by atoms with Crippen LogP contribution in [0, 0.1) is 0 Å². The molecule has 0 aliphatic rings. The van der Waals surface area contributed by atoms with Gasteiger partial charge >= 0.3 is 19.8 Å². The Kier molecular flexibility index (Phi) is 35.2. The van der Waals surface area contributed by atoms with Gasteiger partial charge in [-0.05, 0) is 44.9 Å². The van der Waals surface area contributed by atoms with Crippen LogP contribution in [0.2, 0.25) is 0 Å². The molecule has 0 fully saturated rings. The fourth-order valence-corrected chi connectivity index (χ4v) is 6.13. The van der Waals surface area contributed by atoms with E-state index in [1.807, 2.05) is 0 Å². The van der Waals surface area contributed by atoms with Gasteiger partial charge in [-0.25, -0.2) is 4.57 Å². The highest BCUT2D eigenvalue weighted by atomic mass is 31.2. The zero-order valence-corrected chi connectivity index (χ0v) is 32.3. The Morgan fingerprint density at radius 1 is 0.612 bits per heavy atom. The summed E-state index contributed by atoms with van der Waals surface area (Å²) in [5.74, 6) is -0.835.